The largest absolute Gasteiger partial charge is 0.323 e. The van der Waals surface area contributed by atoms with Gasteiger partial charge in [-0.2, -0.15) is 0 Å². The smallest absolute Gasteiger partial charge is 0.125 e. The molecule has 1 atom stereocenters. The van der Waals surface area contributed by atoms with Crippen LogP contribution in [0.4, 0.5) is 0 Å². The Bertz CT molecular complexity index is 782. The van der Waals surface area contributed by atoms with Crippen LogP contribution in [0.5, 0.6) is 0 Å². The summed E-state index contributed by atoms with van der Waals surface area (Å²) in [5.74, 6) is 1.39. The van der Waals surface area contributed by atoms with Gasteiger partial charge in [-0.3, -0.25) is 0 Å². The van der Waals surface area contributed by atoms with Crippen molar-refractivity contribution in [3.63, 3.8) is 0 Å². The number of aromatic nitrogens is 2. The SMILES string of the molecule is CCC(CN(C)Cc1ccccc1)n1c(CCl)nc2ccccc21. The molecule has 0 aliphatic carbocycles. The number of fused-ring (bicyclic) bond motifs is 1. The quantitative estimate of drug-likeness (QED) is 0.572. The van der Waals surface area contributed by atoms with Gasteiger partial charge in [0.25, 0.3) is 0 Å². The van der Waals surface area contributed by atoms with E-state index in [9.17, 15) is 0 Å². The van der Waals surface area contributed by atoms with Gasteiger partial charge in [-0.15, -0.1) is 11.6 Å². The molecule has 1 unspecified atom stereocenters. The van der Waals surface area contributed by atoms with E-state index in [0.717, 1.165) is 30.9 Å². The van der Waals surface area contributed by atoms with Crippen molar-refractivity contribution >= 4 is 22.6 Å². The predicted molar refractivity (Wildman–Crippen MR) is 101 cm³/mol. The van der Waals surface area contributed by atoms with Gasteiger partial charge in [0, 0.05) is 19.1 Å². The van der Waals surface area contributed by atoms with Crippen LogP contribution in [-0.4, -0.2) is 28.0 Å². The minimum absolute atomic E-state index is 0.361. The van der Waals surface area contributed by atoms with Gasteiger partial charge in [-0.05, 0) is 31.2 Å². The molecule has 0 spiro atoms. The molecule has 126 valence electrons. The molecule has 0 radical (unpaired) electrons. The van der Waals surface area contributed by atoms with Crippen molar-refractivity contribution in [3.8, 4) is 0 Å². The molecule has 0 aliphatic rings. The van der Waals surface area contributed by atoms with Crippen molar-refractivity contribution in [3.05, 3.63) is 66.0 Å². The zero-order valence-corrected chi connectivity index (χ0v) is 15.1. The van der Waals surface area contributed by atoms with Crippen molar-refractivity contribution in [2.75, 3.05) is 13.6 Å². The number of halogens is 1. The second-order valence-corrected chi connectivity index (χ2v) is 6.53. The molecule has 4 heteroatoms. The highest BCUT2D eigenvalue weighted by Crippen LogP contribution is 2.25. The van der Waals surface area contributed by atoms with Crippen LogP contribution in [0.15, 0.2) is 54.6 Å². The molecule has 0 N–H and O–H groups in total. The summed E-state index contributed by atoms with van der Waals surface area (Å²) in [6, 6.07) is 19.2. The normalized spacial score (nSPS) is 12.8. The van der Waals surface area contributed by atoms with Gasteiger partial charge in [-0.25, -0.2) is 4.98 Å². The van der Waals surface area contributed by atoms with Crippen LogP contribution in [-0.2, 0) is 12.4 Å². The monoisotopic (exact) mass is 341 g/mol. The molecule has 3 rings (SSSR count). The highest BCUT2D eigenvalue weighted by Gasteiger charge is 2.18. The lowest BCUT2D eigenvalue weighted by atomic mass is 10.1. The van der Waals surface area contributed by atoms with E-state index in [1.165, 1.54) is 11.1 Å². The van der Waals surface area contributed by atoms with E-state index in [4.69, 9.17) is 16.6 Å². The molecule has 0 bridgehead atoms. The van der Waals surface area contributed by atoms with Crippen molar-refractivity contribution in [1.82, 2.24) is 14.5 Å². The van der Waals surface area contributed by atoms with E-state index >= 15 is 0 Å². The predicted octanol–water partition coefficient (Wildman–Crippen LogP) is 4.86. The van der Waals surface area contributed by atoms with E-state index in [0.29, 0.717) is 11.9 Å². The summed E-state index contributed by atoms with van der Waals surface area (Å²) in [5, 5.41) is 0. The lowest BCUT2D eigenvalue weighted by molar-refractivity contribution is 0.265. The Kier molecular flexibility index (Phi) is 5.54. The maximum atomic E-state index is 6.17. The minimum atomic E-state index is 0.361. The van der Waals surface area contributed by atoms with Crippen molar-refractivity contribution < 1.29 is 0 Å². The fraction of sp³-hybridized carbons (Fsp3) is 0.350. The second kappa shape index (κ2) is 7.82. The molecule has 1 aromatic heterocycles. The molecular formula is C20H24ClN3. The first kappa shape index (κ1) is 17.0. The van der Waals surface area contributed by atoms with Gasteiger partial charge in [-0.1, -0.05) is 49.4 Å². The molecule has 24 heavy (non-hydrogen) atoms. The summed E-state index contributed by atoms with van der Waals surface area (Å²) in [4.78, 5) is 7.08. The zero-order valence-electron chi connectivity index (χ0n) is 14.3. The fourth-order valence-electron chi connectivity index (χ4n) is 3.31. The van der Waals surface area contributed by atoms with E-state index < -0.39 is 0 Å². The first-order valence-corrected chi connectivity index (χ1v) is 9.00. The number of hydrogen-bond donors (Lipinski definition) is 0. The number of benzene rings is 2. The third-order valence-electron chi connectivity index (χ3n) is 4.44. The number of imidazole rings is 1. The number of alkyl halides is 1. The van der Waals surface area contributed by atoms with Gasteiger partial charge in [0.2, 0.25) is 0 Å². The average Bonchev–Trinajstić information content (AvgIpc) is 2.99. The van der Waals surface area contributed by atoms with E-state index in [1.807, 2.05) is 6.07 Å². The zero-order chi connectivity index (χ0) is 16.9. The van der Waals surface area contributed by atoms with E-state index in [-0.39, 0.29) is 0 Å². The lowest BCUT2D eigenvalue weighted by Gasteiger charge is -2.26. The molecule has 0 saturated carbocycles. The summed E-state index contributed by atoms with van der Waals surface area (Å²) >= 11 is 6.17. The fourth-order valence-corrected chi connectivity index (χ4v) is 3.50. The highest BCUT2D eigenvalue weighted by molar-refractivity contribution is 6.16. The minimum Gasteiger partial charge on any atom is -0.323 e. The first-order chi connectivity index (χ1) is 11.7. The summed E-state index contributed by atoms with van der Waals surface area (Å²) < 4.78 is 2.32. The molecule has 0 fully saturated rings. The Morgan fingerprint density at radius 3 is 2.50 bits per heavy atom. The average molecular weight is 342 g/mol. The maximum Gasteiger partial charge on any atom is 0.125 e. The van der Waals surface area contributed by atoms with Crippen molar-refractivity contribution in [2.24, 2.45) is 0 Å². The van der Waals surface area contributed by atoms with E-state index in [1.54, 1.807) is 0 Å². The number of nitrogens with zero attached hydrogens (tertiary/aromatic N) is 3. The second-order valence-electron chi connectivity index (χ2n) is 6.26. The standard InChI is InChI=1S/C20H24ClN3/c1-3-17(15-23(2)14-16-9-5-4-6-10-16)24-19-12-8-7-11-18(19)22-20(24)13-21/h4-12,17H,3,13-15H2,1-2H3. The number of likely N-dealkylation sites (N-methyl/N-ethyl adjacent to an activating group) is 1. The van der Waals surface area contributed by atoms with Crippen LogP contribution in [0.25, 0.3) is 11.0 Å². The number of hydrogen-bond acceptors (Lipinski definition) is 2. The van der Waals surface area contributed by atoms with Crippen LogP contribution in [0.2, 0.25) is 0 Å². The lowest BCUT2D eigenvalue weighted by Crippen LogP contribution is -2.28. The van der Waals surface area contributed by atoms with Gasteiger partial charge < -0.3 is 9.47 Å². The molecule has 0 saturated heterocycles. The Labute approximate surface area is 148 Å². The van der Waals surface area contributed by atoms with Gasteiger partial charge in [0.05, 0.1) is 16.9 Å². The highest BCUT2D eigenvalue weighted by atomic mass is 35.5. The Morgan fingerprint density at radius 1 is 1.08 bits per heavy atom. The summed E-state index contributed by atoms with van der Waals surface area (Å²) in [7, 11) is 2.18. The summed E-state index contributed by atoms with van der Waals surface area (Å²) in [5.41, 5.74) is 3.54. The Balaban J connectivity index is 1.83. The van der Waals surface area contributed by atoms with Crippen molar-refractivity contribution in [2.45, 2.75) is 31.8 Å². The number of para-hydroxylation sites is 2. The molecule has 1 heterocycles. The van der Waals surface area contributed by atoms with Crippen molar-refractivity contribution in [1.29, 1.82) is 0 Å². The van der Waals surface area contributed by atoms with E-state index in [2.05, 4.69) is 72.0 Å². The van der Waals surface area contributed by atoms with Crippen LogP contribution in [0.1, 0.15) is 30.8 Å². The van der Waals surface area contributed by atoms with Crippen LogP contribution < -0.4 is 0 Å². The molecular weight excluding hydrogens is 318 g/mol. The van der Waals surface area contributed by atoms with Gasteiger partial charge in [0.15, 0.2) is 0 Å². The summed E-state index contributed by atoms with van der Waals surface area (Å²) in [6.45, 7) is 4.14. The molecule has 2 aromatic carbocycles. The van der Waals surface area contributed by atoms with Gasteiger partial charge in [0.1, 0.15) is 5.82 Å². The summed E-state index contributed by atoms with van der Waals surface area (Å²) in [6.07, 6.45) is 1.05. The van der Waals surface area contributed by atoms with Crippen LogP contribution in [0, 0.1) is 0 Å². The first-order valence-electron chi connectivity index (χ1n) is 8.47. The van der Waals surface area contributed by atoms with Crippen LogP contribution >= 0.6 is 11.6 Å². The maximum absolute atomic E-state index is 6.17. The van der Waals surface area contributed by atoms with Crippen LogP contribution in [0.3, 0.4) is 0 Å². The third kappa shape index (κ3) is 3.63. The van der Waals surface area contributed by atoms with Gasteiger partial charge >= 0.3 is 0 Å². The Hall–Kier alpha value is -1.84. The molecule has 3 nitrogen and oxygen atoms in total. The molecule has 3 aromatic rings. The Morgan fingerprint density at radius 2 is 1.79 bits per heavy atom. The molecule has 0 aliphatic heterocycles. The number of rotatable bonds is 7. The third-order valence-corrected chi connectivity index (χ3v) is 4.68. The topological polar surface area (TPSA) is 21.1 Å². The molecule has 0 amide bonds.